The van der Waals surface area contributed by atoms with Crippen molar-refractivity contribution in [2.45, 2.75) is 25.4 Å². The van der Waals surface area contributed by atoms with Crippen LogP contribution >= 0.6 is 0 Å². The Labute approximate surface area is 115 Å². The minimum Gasteiger partial charge on any atom is -0.490 e. The standard InChI is InChI=1S/C13H17FN2O4/c1-20-13-6-10(9(14)5-11(13)16(18)19)15-7-8-3-2-4-12(8)17/h5-6,8,12,15,17H,2-4,7H2,1H3. The van der Waals surface area contributed by atoms with Gasteiger partial charge in [-0.05, 0) is 12.8 Å². The molecule has 0 saturated heterocycles. The van der Waals surface area contributed by atoms with Gasteiger partial charge in [-0.1, -0.05) is 6.42 Å². The maximum atomic E-state index is 13.8. The summed E-state index contributed by atoms with van der Waals surface area (Å²) in [7, 11) is 1.30. The number of rotatable bonds is 5. The van der Waals surface area contributed by atoms with Crippen molar-refractivity contribution >= 4 is 11.4 Å². The van der Waals surface area contributed by atoms with Crippen LogP contribution in [-0.4, -0.2) is 29.8 Å². The number of hydrogen-bond donors (Lipinski definition) is 2. The molecule has 110 valence electrons. The Kier molecular flexibility index (Phi) is 4.39. The van der Waals surface area contributed by atoms with E-state index in [4.69, 9.17) is 4.74 Å². The number of methoxy groups -OCH3 is 1. The number of ether oxygens (including phenoxy) is 1. The summed E-state index contributed by atoms with van der Waals surface area (Å²) in [6, 6.07) is 2.11. The third kappa shape index (κ3) is 2.98. The van der Waals surface area contributed by atoms with Crippen LogP contribution in [0.1, 0.15) is 19.3 Å². The van der Waals surface area contributed by atoms with E-state index >= 15 is 0 Å². The zero-order valence-corrected chi connectivity index (χ0v) is 11.1. The van der Waals surface area contributed by atoms with Crippen molar-refractivity contribution in [3.63, 3.8) is 0 Å². The van der Waals surface area contributed by atoms with Gasteiger partial charge in [-0.2, -0.15) is 0 Å². The number of nitro benzene ring substituents is 1. The van der Waals surface area contributed by atoms with Crippen molar-refractivity contribution < 1.29 is 19.2 Å². The van der Waals surface area contributed by atoms with Gasteiger partial charge in [0, 0.05) is 18.5 Å². The molecular weight excluding hydrogens is 267 g/mol. The molecule has 0 radical (unpaired) electrons. The van der Waals surface area contributed by atoms with E-state index in [1.165, 1.54) is 13.2 Å². The van der Waals surface area contributed by atoms with Crippen LogP contribution in [0.4, 0.5) is 15.8 Å². The fraction of sp³-hybridized carbons (Fsp3) is 0.538. The van der Waals surface area contributed by atoms with Crippen molar-refractivity contribution in [2.75, 3.05) is 19.0 Å². The van der Waals surface area contributed by atoms with Gasteiger partial charge in [-0.3, -0.25) is 10.1 Å². The maximum Gasteiger partial charge on any atom is 0.313 e. The van der Waals surface area contributed by atoms with Gasteiger partial charge < -0.3 is 15.2 Å². The van der Waals surface area contributed by atoms with Crippen molar-refractivity contribution in [3.8, 4) is 5.75 Å². The van der Waals surface area contributed by atoms with Crippen LogP contribution in [0.3, 0.4) is 0 Å². The molecule has 2 atom stereocenters. The van der Waals surface area contributed by atoms with E-state index in [2.05, 4.69) is 5.32 Å². The van der Waals surface area contributed by atoms with Gasteiger partial charge in [0.1, 0.15) is 0 Å². The Balaban J connectivity index is 2.13. The van der Waals surface area contributed by atoms with Gasteiger partial charge in [-0.15, -0.1) is 0 Å². The van der Waals surface area contributed by atoms with E-state index in [-0.39, 0.29) is 23.5 Å². The van der Waals surface area contributed by atoms with E-state index in [1.807, 2.05) is 0 Å². The Morgan fingerprint density at radius 1 is 1.55 bits per heavy atom. The number of hydrogen-bond acceptors (Lipinski definition) is 5. The lowest BCUT2D eigenvalue weighted by molar-refractivity contribution is -0.385. The third-order valence-electron chi connectivity index (χ3n) is 3.64. The van der Waals surface area contributed by atoms with Crippen LogP contribution < -0.4 is 10.1 Å². The van der Waals surface area contributed by atoms with Gasteiger partial charge >= 0.3 is 5.69 Å². The molecule has 0 heterocycles. The summed E-state index contributed by atoms with van der Waals surface area (Å²) in [5, 5.41) is 23.4. The van der Waals surface area contributed by atoms with E-state index in [1.54, 1.807) is 0 Å². The first kappa shape index (κ1) is 14.5. The Morgan fingerprint density at radius 3 is 2.85 bits per heavy atom. The van der Waals surface area contributed by atoms with Crippen LogP contribution in [0, 0.1) is 21.8 Å². The molecule has 1 aromatic carbocycles. The van der Waals surface area contributed by atoms with Crippen LogP contribution in [0.5, 0.6) is 5.75 Å². The largest absolute Gasteiger partial charge is 0.490 e. The molecule has 20 heavy (non-hydrogen) atoms. The van der Waals surface area contributed by atoms with E-state index in [0.717, 1.165) is 25.3 Å². The highest BCUT2D eigenvalue weighted by atomic mass is 19.1. The molecule has 1 aromatic rings. The second-order valence-corrected chi connectivity index (χ2v) is 4.90. The topological polar surface area (TPSA) is 84.6 Å². The lowest BCUT2D eigenvalue weighted by atomic mass is 10.1. The van der Waals surface area contributed by atoms with Gasteiger partial charge in [0.25, 0.3) is 0 Å². The zero-order chi connectivity index (χ0) is 14.7. The first-order valence-electron chi connectivity index (χ1n) is 6.46. The molecule has 2 unspecified atom stereocenters. The molecule has 0 aliphatic heterocycles. The SMILES string of the molecule is COc1cc(NCC2CCCC2O)c(F)cc1[N+](=O)[O-]. The minimum atomic E-state index is -0.704. The lowest BCUT2D eigenvalue weighted by Gasteiger charge is -2.16. The number of halogens is 1. The number of benzene rings is 1. The normalized spacial score (nSPS) is 21.8. The number of aliphatic hydroxyl groups is 1. The molecule has 6 nitrogen and oxygen atoms in total. The zero-order valence-electron chi connectivity index (χ0n) is 11.1. The van der Waals surface area contributed by atoms with Gasteiger partial charge in [0.15, 0.2) is 11.6 Å². The van der Waals surface area contributed by atoms with Crippen molar-refractivity contribution in [2.24, 2.45) is 5.92 Å². The minimum absolute atomic E-state index is 0.00544. The van der Waals surface area contributed by atoms with E-state index in [0.29, 0.717) is 6.54 Å². The molecule has 1 aliphatic rings. The first-order chi connectivity index (χ1) is 9.52. The number of anilines is 1. The summed E-state index contributed by atoms with van der Waals surface area (Å²) in [6.07, 6.45) is 2.24. The summed E-state index contributed by atoms with van der Waals surface area (Å²) in [5.74, 6) is -0.619. The molecule has 2 rings (SSSR count). The van der Waals surface area contributed by atoms with Gasteiger partial charge in [0.2, 0.25) is 0 Å². The highest BCUT2D eigenvalue weighted by Crippen LogP contribution is 2.33. The van der Waals surface area contributed by atoms with Crippen LogP contribution in [0.15, 0.2) is 12.1 Å². The van der Waals surface area contributed by atoms with Crippen molar-refractivity contribution in [1.82, 2.24) is 0 Å². The van der Waals surface area contributed by atoms with E-state index < -0.39 is 16.4 Å². The summed E-state index contributed by atoms with van der Waals surface area (Å²) in [4.78, 5) is 10.1. The fourth-order valence-electron chi connectivity index (χ4n) is 2.48. The molecule has 0 amide bonds. The second kappa shape index (κ2) is 6.04. The summed E-state index contributed by atoms with van der Waals surface area (Å²) >= 11 is 0. The predicted molar refractivity (Wildman–Crippen MR) is 71.4 cm³/mol. The molecule has 1 fully saturated rings. The lowest BCUT2D eigenvalue weighted by Crippen LogP contribution is -2.22. The first-order valence-corrected chi connectivity index (χ1v) is 6.46. The number of nitro groups is 1. The number of nitrogens with one attached hydrogen (secondary N) is 1. The van der Waals surface area contributed by atoms with Crippen LogP contribution in [0.2, 0.25) is 0 Å². The fourth-order valence-corrected chi connectivity index (χ4v) is 2.48. The Hall–Kier alpha value is -1.89. The molecule has 0 aromatic heterocycles. The van der Waals surface area contributed by atoms with Crippen LogP contribution in [-0.2, 0) is 0 Å². The predicted octanol–water partition coefficient (Wildman–Crippen LogP) is 2.32. The molecule has 2 N–H and O–H groups in total. The molecule has 7 heteroatoms. The summed E-state index contributed by atoms with van der Waals surface area (Å²) < 4.78 is 18.7. The maximum absolute atomic E-state index is 13.8. The Bertz CT molecular complexity index is 509. The second-order valence-electron chi connectivity index (χ2n) is 4.90. The molecule has 1 saturated carbocycles. The molecule has 0 spiro atoms. The quantitative estimate of drug-likeness (QED) is 0.640. The molecular formula is C13H17FN2O4. The average molecular weight is 284 g/mol. The van der Waals surface area contributed by atoms with Gasteiger partial charge in [0.05, 0.1) is 29.9 Å². The van der Waals surface area contributed by atoms with E-state index in [9.17, 15) is 19.6 Å². The summed E-state index contributed by atoms with van der Waals surface area (Å²) in [6.45, 7) is 0.430. The van der Waals surface area contributed by atoms with Crippen LogP contribution in [0.25, 0.3) is 0 Å². The third-order valence-corrected chi connectivity index (χ3v) is 3.64. The monoisotopic (exact) mass is 284 g/mol. The van der Waals surface area contributed by atoms with Gasteiger partial charge in [-0.25, -0.2) is 4.39 Å². The summed E-state index contributed by atoms with van der Waals surface area (Å²) in [5.41, 5.74) is -0.261. The van der Waals surface area contributed by atoms with Crippen molar-refractivity contribution in [3.05, 3.63) is 28.1 Å². The average Bonchev–Trinajstić information content (AvgIpc) is 2.82. The Morgan fingerprint density at radius 2 is 2.30 bits per heavy atom. The highest BCUT2D eigenvalue weighted by molar-refractivity contribution is 5.59. The molecule has 0 bridgehead atoms. The molecule has 1 aliphatic carbocycles. The smallest absolute Gasteiger partial charge is 0.313 e. The highest BCUT2D eigenvalue weighted by Gasteiger charge is 2.25. The number of aliphatic hydroxyl groups excluding tert-OH is 1. The van der Waals surface area contributed by atoms with Crippen molar-refractivity contribution in [1.29, 1.82) is 0 Å². The number of nitrogens with zero attached hydrogens (tertiary/aromatic N) is 1.